The van der Waals surface area contributed by atoms with Crippen molar-refractivity contribution in [1.29, 1.82) is 0 Å². The highest BCUT2D eigenvalue weighted by molar-refractivity contribution is 5.85. The molecule has 0 aromatic heterocycles. The van der Waals surface area contributed by atoms with Crippen molar-refractivity contribution in [3.05, 3.63) is 60.2 Å². The third kappa shape index (κ3) is 3.33. The lowest BCUT2D eigenvalue weighted by Gasteiger charge is -2.15. The Labute approximate surface area is 114 Å². The Morgan fingerprint density at radius 1 is 0.889 bits per heavy atom. The van der Waals surface area contributed by atoms with Gasteiger partial charge in [0, 0.05) is 0 Å². The van der Waals surface area contributed by atoms with Crippen LogP contribution < -0.4 is 5.73 Å². The van der Waals surface area contributed by atoms with Crippen LogP contribution in [0, 0.1) is 0 Å². The van der Waals surface area contributed by atoms with Gasteiger partial charge in [-0.2, -0.15) is 0 Å². The van der Waals surface area contributed by atoms with Gasteiger partial charge in [0.25, 0.3) is 0 Å². The van der Waals surface area contributed by atoms with Crippen molar-refractivity contribution in [3.63, 3.8) is 0 Å². The lowest BCUT2D eigenvalue weighted by Crippen LogP contribution is -2.22. The van der Waals surface area contributed by atoms with Gasteiger partial charge in [-0.15, -0.1) is 12.4 Å². The molecular formula is C15H18ClNO. The normalized spacial score (nSPS) is 13.5. The molecule has 3 heteroatoms. The van der Waals surface area contributed by atoms with Gasteiger partial charge in [0.1, 0.15) is 0 Å². The Hall–Kier alpha value is -1.35. The van der Waals surface area contributed by atoms with Crippen LogP contribution in [0.15, 0.2) is 54.6 Å². The molecule has 0 aliphatic rings. The van der Waals surface area contributed by atoms with Gasteiger partial charge in [-0.1, -0.05) is 54.6 Å². The van der Waals surface area contributed by atoms with Gasteiger partial charge in [-0.25, -0.2) is 0 Å². The molecule has 0 unspecified atom stereocenters. The first kappa shape index (κ1) is 14.7. The fourth-order valence-electron chi connectivity index (χ4n) is 1.81. The van der Waals surface area contributed by atoms with E-state index >= 15 is 0 Å². The first-order valence-corrected chi connectivity index (χ1v) is 5.77. The second-order valence-corrected chi connectivity index (χ2v) is 4.25. The van der Waals surface area contributed by atoms with E-state index in [1.165, 1.54) is 5.56 Å². The summed E-state index contributed by atoms with van der Waals surface area (Å²) < 4.78 is 0. The summed E-state index contributed by atoms with van der Waals surface area (Å²) in [5.74, 6) is 0. The smallest absolute Gasteiger partial charge is 0.0704 e. The monoisotopic (exact) mass is 263 g/mol. The maximum Gasteiger partial charge on any atom is 0.0704 e. The quantitative estimate of drug-likeness (QED) is 0.894. The summed E-state index contributed by atoms with van der Waals surface area (Å²) in [5, 5.41) is 9.44. The summed E-state index contributed by atoms with van der Waals surface area (Å²) >= 11 is 0. The molecule has 96 valence electrons. The molecule has 3 N–H and O–H groups in total. The Kier molecular flexibility index (Phi) is 5.35. The van der Waals surface area contributed by atoms with Crippen LogP contribution in [-0.4, -0.2) is 11.2 Å². The molecule has 0 heterocycles. The zero-order chi connectivity index (χ0) is 12.3. The predicted octanol–water partition coefficient (Wildman–Crippen LogP) is 3.16. The first-order chi connectivity index (χ1) is 8.18. The molecule has 0 aliphatic carbocycles. The molecule has 0 bridgehead atoms. The maximum atomic E-state index is 9.44. The van der Waals surface area contributed by atoms with E-state index in [0.717, 1.165) is 11.1 Å². The van der Waals surface area contributed by atoms with Crippen molar-refractivity contribution in [2.24, 2.45) is 5.73 Å². The lowest BCUT2D eigenvalue weighted by molar-refractivity contribution is 0.164. The van der Waals surface area contributed by atoms with Gasteiger partial charge >= 0.3 is 0 Å². The molecule has 0 saturated heterocycles. The minimum atomic E-state index is -0.530. The van der Waals surface area contributed by atoms with Crippen LogP contribution in [0.1, 0.15) is 18.5 Å². The van der Waals surface area contributed by atoms with E-state index < -0.39 is 6.10 Å². The number of hydrogen-bond donors (Lipinski definition) is 2. The van der Waals surface area contributed by atoms with E-state index in [1.807, 2.05) is 42.5 Å². The van der Waals surface area contributed by atoms with Gasteiger partial charge in [0.15, 0.2) is 0 Å². The van der Waals surface area contributed by atoms with E-state index in [1.54, 1.807) is 6.92 Å². The van der Waals surface area contributed by atoms with Crippen LogP contribution in [-0.2, 0) is 0 Å². The molecule has 2 rings (SSSR count). The Morgan fingerprint density at radius 2 is 1.39 bits per heavy atom. The fraction of sp³-hybridized carbons (Fsp3) is 0.200. The minimum absolute atomic E-state index is 0. The predicted molar refractivity (Wildman–Crippen MR) is 77.7 cm³/mol. The molecule has 0 amide bonds. The summed E-state index contributed by atoms with van der Waals surface area (Å²) in [6.45, 7) is 1.70. The third-order valence-corrected chi connectivity index (χ3v) is 2.92. The molecule has 0 radical (unpaired) electrons. The Balaban J connectivity index is 0.00000162. The van der Waals surface area contributed by atoms with Gasteiger partial charge in [-0.05, 0) is 23.6 Å². The minimum Gasteiger partial charge on any atom is -0.391 e. The zero-order valence-corrected chi connectivity index (χ0v) is 11.1. The van der Waals surface area contributed by atoms with E-state index in [2.05, 4.69) is 12.1 Å². The highest BCUT2D eigenvalue weighted by Crippen LogP contribution is 2.22. The van der Waals surface area contributed by atoms with Gasteiger partial charge in [0.05, 0.1) is 12.1 Å². The summed E-state index contributed by atoms with van der Waals surface area (Å²) in [5.41, 5.74) is 9.18. The van der Waals surface area contributed by atoms with Crippen LogP contribution in [0.3, 0.4) is 0 Å². The largest absolute Gasteiger partial charge is 0.391 e. The average molecular weight is 264 g/mol. The third-order valence-electron chi connectivity index (χ3n) is 2.92. The second kappa shape index (κ2) is 6.55. The molecule has 2 atom stereocenters. The molecule has 0 aliphatic heterocycles. The van der Waals surface area contributed by atoms with Crippen molar-refractivity contribution >= 4 is 12.4 Å². The molecular weight excluding hydrogens is 246 g/mol. The van der Waals surface area contributed by atoms with Crippen LogP contribution in [0.4, 0.5) is 0 Å². The summed E-state index contributed by atoms with van der Waals surface area (Å²) in [7, 11) is 0. The Morgan fingerprint density at radius 3 is 1.89 bits per heavy atom. The number of hydrogen-bond acceptors (Lipinski definition) is 2. The first-order valence-electron chi connectivity index (χ1n) is 5.77. The number of rotatable bonds is 3. The second-order valence-electron chi connectivity index (χ2n) is 4.25. The summed E-state index contributed by atoms with van der Waals surface area (Å²) in [6, 6.07) is 17.9. The average Bonchev–Trinajstić information content (AvgIpc) is 2.39. The topological polar surface area (TPSA) is 46.2 Å². The molecule has 2 nitrogen and oxygen atoms in total. The molecule has 2 aromatic rings. The van der Waals surface area contributed by atoms with E-state index in [0.29, 0.717) is 0 Å². The highest BCUT2D eigenvalue weighted by atomic mass is 35.5. The highest BCUT2D eigenvalue weighted by Gasteiger charge is 2.11. The van der Waals surface area contributed by atoms with Crippen LogP contribution in [0.5, 0.6) is 0 Å². The maximum absolute atomic E-state index is 9.44. The van der Waals surface area contributed by atoms with E-state index in [4.69, 9.17) is 5.73 Å². The van der Waals surface area contributed by atoms with Crippen molar-refractivity contribution in [2.45, 2.75) is 19.1 Å². The summed E-state index contributed by atoms with van der Waals surface area (Å²) in [6.07, 6.45) is -0.530. The van der Waals surface area contributed by atoms with E-state index in [-0.39, 0.29) is 18.4 Å². The SMILES string of the molecule is C[C@@H](O)[C@@H](N)c1ccc(-c2ccccc2)cc1.Cl. The molecule has 2 aromatic carbocycles. The van der Waals surface area contributed by atoms with Crippen LogP contribution in [0.25, 0.3) is 11.1 Å². The van der Waals surface area contributed by atoms with Crippen molar-refractivity contribution in [2.75, 3.05) is 0 Å². The molecule has 0 spiro atoms. The standard InChI is InChI=1S/C15H17NO.ClH/c1-11(17)15(16)14-9-7-13(8-10-14)12-5-3-2-4-6-12;/h2-11,15,17H,16H2,1H3;1H/t11-,15-;/m1./s1. The van der Waals surface area contributed by atoms with Gasteiger partial charge in [-0.3, -0.25) is 0 Å². The van der Waals surface area contributed by atoms with Gasteiger partial charge in [0.2, 0.25) is 0 Å². The summed E-state index contributed by atoms with van der Waals surface area (Å²) in [4.78, 5) is 0. The van der Waals surface area contributed by atoms with Crippen molar-refractivity contribution in [3.8, 4) is 11.1 Å². The lowest BCUT2D eigenvalue weighted by atomic mass is 9.99. The zero-order valence-electron chi connectivity index (χ0n) is 10.3. The van der Waals surface area contributed by atoms with Crippen molar-refractivity contribution in [1.82, 2.24) is 0 Å². The van der Waals surface area contributed by atoms with Gasteiger partial charge < -0.3 is 10.8 Å². The number of aliphatic hydroxyl groups is 1. The molecule has 0 saturated carbocycles. The molecule has 18 heavy (non-hydrogen) atoms. The number of halogens is 1. The molecule has 0 fully saturated rings. The number of benzene rings is 2. The van der Waals surface area contributed by atoms with Crippen LogP contribution in [0.2, 0.25) is 0 Å². The number of nitrogens with two attached hydrogens (primary N) is 1. The van der Waals surface area contributed by atoms with E-state index in [9.17, 15) is 5.11 Å². The van der Waals surface area contributed by atoms with Crippen molar-refractivity contribution < 1.29 is 5.11 Å². The number of aliphatic hydroxyl groups excluding tert-OH is 1. The van der Waals surface area contributed by atoms with Crippen LogP contribution >= 0.6 is 12.4 Å². The fourth-order valence-corrected chi connectivity index (χ4v) is 1.81. The Bertz CT molecular complexity index is 468.